The van der Waals surface area contributed by atoms with E-state index in [0.717, 1.165) is 27.9 Å². The third kappa shape index (κ3) is 8.44. The van der Waals surface area contributed by atoms with Crippen LogP contribution in [0.25, 0.3) is 11.1 Å². The van der Waals surface area contributed by atoms with Gasteiger partial charge in [-0.1, -0.05) is 66.7 Å². The molecule has 2 N–H and O–H groups in total. The summed E-state index contributed by atoms with van der Waals surface area (Å²) in [5.41, 5.74) is 4.03. The highest BCUT2D eigenvalue weighted by molar-refractivity contribution is 7.10. The monoisotopic (exact) mass is 570 g/mol. The van der Waals surface area contributed by atoms with Gasteiger partial charge in [0.25, 0.3) is 0 Å². The van der Waals surface area contributed by atoms with E-state index in [4.69, 9.17) is 4.84 Å². The molecule has 8 heteroatoms. The predicted molar refractivity (Wildman–Crippen MR) is 162 cm³/mol. The Hall–Kier alpha value is -4.11. The molecule has 0 aliphatic rings. The number of para-hydroxylation sites is 1. The number of rotatable bonds is 13. The summed E-state index contributed by atoms with van der Waals surface area (Å²) in [6.07, 6.45) is 0.673. The summed E-state index contributed by atoms with van der Waals surface area (Å²) in [5, 5.41) is 16.7. The van der Waals surface area contributed by atoms with Gasteiger partial charge >= 0.3 is 5.97 Å². The number of nitrogens with zero attached hydrogens (tertiary/aromatic N) is 1. The van der Waals surface area contributed by atoms with Gasteiger partial charge in [0.05, 0.1) is 31.2 Å². The van der Waals surface area contributed by atoms with Crippen molar-refractivity contribution < 1.29 is 24.3 Å². The average Bonchev–Trinajstić information content (AvgIpc) is 3.40. The number of hydrogen-bond acceptors (Lipinski definition) is 7. The molecular weight excluding hydrogens is 536 g/mol. The number of benzene rings is 3. The van der Waals surface area contributed by atoms with Crippen LogP contribution in [-0.2, 0) is 21.0 Å². The van der Waals surface area contributed by atoms with E-state index in [2.05, 4.69) is 16.8 Å². The van der Waals surface area contributed by atoms with Gasteiger partial charge < -0.3 is 15.2 Å². The topological polar surface area (TPSA) is 95.9 Å². The van der Waals surface area contributed by atoms with Gasteiger partial charge in [0.15, 0.2) is 5.78 Å². The lowest BCUT2D eigenvalue weighted by Crippen LogP contribution is -2.34. The molecule has 1 aromatic heterocycles. The van der Waals surface area contributed by atoms with Crippen molar-refractivity contribution in [2.24, 2.45) is 0 Å². The number of carbonyl (C=O) groups excluding carboxylic acids is 2. The highest BCUT2D eigenvalue weighted by Crippen LogP contribution is 2.31. The number of nitrogens with one attached hydrogen (secondary N) is 1. The largest absolute Gasteiger partial charge is 0.481 e. The summed E-state index contributed by atoms with van der Waals surface area (Å²) >= 11 is 1.59. The minimum atomic E-state index is -0.946. The predicted octanol–water partition coefficient (Wildman–Crippen LogP) is 7.01. The van der Waals surface area contributed by atoms with E-state index in [1.165, 1.54) is 0 Å². The first-order valence-corrected chi connectivity index (χ1v) is 14.2. The molecular formula is C33H34N2O5S. The van der Waals surface area contributed by atoms with E-state index in [1.54, 1.807) is 46.7 Å². The third-order valence-corrected chi connectivity index (χ3v) is 7.15. The summed E-state index contributed by atoms with van der Waals surface area (Å²) in [7, 11) is 0. The van der Waals surface area contributed by atoms with Crippen LogP contribution in [0.3, 0.4) is 0 Å². The number of carbonyl (C=O) groups is 3. The quantitative estimate of drug-likeness (QED) is 0.101. The van der Waals surface area contributed by atoms with E-state index < -0.39 is 17.6 Å². The molecule has 0 aliphatic carbocycles. The first-order valence-electron chi connectivity index (χ1n) is 13.4. The first kappa shape index (κ1) is 29.9. The normalized spacial score (nSPS) is 12.2. The standard InChI is InChI=1S/C33H34N2O5S/c1-33(2,3)40-35(17-18-36)21-27-19-26(22-41-27)23-13-15-24(16-14-23)30(20-31(37)38)34-29-12-8-7-11-28(29)32(39)25-9-5-4-6-10-25/h4-16,18-19,22,30,34H,17,20-21H2,1-3H3,(H,37,38)/t30-/m0/s1. The minimum absolute atomic E-state index is 0.133. The fourth-order valence-electron chi connectivity index (χ4n) is 4.47. The van der Waals surface area contributed by atoms with Crippen molar-refractivity contribution in [2.45, 2.75) is 45.4 Å². The molecule has 7 nitrogen and oxygen atoms in total. The molecule has 1 heterocycles. The molecule has 0 fully saturated rings. The van der Waals surface area contributed by atoms with E-state index >= 15 is 0 Å². The number of carboxylic acids is 1. The van der Waals surface area contributed by atoms with E-state index in [0.29, 0.717) is 23.4 Å². The lowest BCUT2D eigenvalue weighted by atomic mass is 9.97. The van der Waals surface area contributed by atoms with Crippen LogP contribution in [0, 0.1) is 0 Å². The Morgan fingerprint density at radius 3 is 2.32 bits per heavy atom. The zero-order valence-electron chi connectivity index (χ0n) is 23.4. The molecule has 41 heavy (non-hydrogen) atoms. The Morgan fingerprint density at radius 1 is 0.976 bits per heavy atom. The van der Waals surface area contributed by atoms with Gasteiger partial charge in [-0.15, -0.1) is 11.3 Å². The molecule has 0 bridgehead atoms. The molecule has 3 aromatic carbocycles. The second-order valence-electron chi connectivity index (χ2n) is 10.7. The van der Waals surface area contributed by atoms with Crippen molar-refractivity contribution in [1.82, 2.24) is 5.06 Å². The van der Waals surface area contributed by atoms with Gasteiger partial charge in [-0.25, -0.2) is 0 Å². The Labute approximate surface area is 244 Å². The van der Waals surface area contributed by atoms with E-state index in [1.807, 2.05) is 69.3 Å². The second-order valence-corrected chi connectivity index (χ2v) is 11.6. The molecule has 212 valence electrons. The summed E-state index contributed by atoms with van der Waals surface area (Å²) in [6.45, 7) is 6.50. The van der Waals surface area contributed by atoms with Crippen LogP contribution in [0.4, 0.5) is 5.69 Å². The number of thiophene rings is 1. The Bertz CT molecular complexity index is 1480. The number of anilines is 1. The minimum Gasteiger partial charge on any atom is -0.481 e. The molecule has 0 saturated carbocycles. The molecule has 0 radical (unpaired) electrons. The van der Waals surface area contributed by atoms with Crippen molar-refractivity contribution >= 4 is 35.1 Å². The van der Waals surface area contributed by atoms with Crippen LogP contribution in [0.1, 0.15) is 59.6 Å². The fraction of sp³-hybridized carbons (Fsp3) is 0.242. The van der Waals surface area contributed by atoms with Crippen molar-refractivity contribution in [3.8, 4) is 11.1 Å². The Balaban J connectivity index is 1.53. The summed E-state index contributed by atoms with van der Waals surface area (Å²) in [4.78, 5) is 43.1. The van der Waals surface area contributed by atoms with E-state index in [-0.39, 0.29) is 18.7 Å². The second kappa shape index (κ2) is 13.5. The maximum atomic E-state index is 13.2. The van der Waals surface area contributed by atoms with Crippen molar-refractivity contribution in [1.29, 1.82) is 0 Å². The molecule has 1 atom stereocenters. The number of carboxylic acid groups (broad SMARTS) is 1. The molecule has 0 unspecified atom stereocenters. The van der Waals surface area contributed by atoms with Gasteiger partial charge in [0, 0.05) is 21.7 Å². The average molecular weight is 571 g/mol. The molecule has 0 aliphatic heterocycles. The Kier molecular flexibility index (Phi) is 9.83. The van der Waals surface area contributed by atoms with Gasteiger partial charge in [0.2, 0.25) is 0 Å². The fourth-order valence-corrected chi connectivity index (χ4v) is 5.36. The summed E-state index contributed by atoms with van der Waals surface area (Å²) < 4.78 is 0. The molecule has 0 spiro atoms. The highest BCUT2D eigenvalue weighted by atomic mass is 32.1. The van der Waals surface area contributed by atoms with Gasteiger partial charge in [0.1, 0.15) is 6.29 Å². The Morgan fingerprint density at radius 2 is 1.66 bits per heavy atom. The van der Waals surface area contributed by atoms with Gasteiger partial charge in [-0.2, -0.15) is 5.06 Å². The smallest absolute Gasteiger partial charge is 0.305 e. The van der Waals surface area contributed by atoms with Crippen LogP contribution in [0.5, 0.6) is 0 Å². The molecule has 0 amide bonds. The van der Waals surface area contributed by atoms with Crippen LogP contribution in [0.2, 0.25) is 0 Å². The van der Waals surface area contributed by atoms with Crippen molar-refractivity contribution in [3.63, 3.8) is 0 Å². The number of ketones is 1. The van der Waals surface area contributed by atoms with Crippen molar-refractivity contribution in [2.75, 3.05) is 11.9 Å². The number of aliphatic carboxylic acids is 1. The summed E-state index contributed by atoms with van der Waals surface area (Å²) in [5.74, 6) is -1.08. The maximum Gasteiger partial charge on any atom is 0.305 e. The zero-order chi connectivity index (χ0) is 29.4. The van der Waals surface area contributed by atoms with Crippen LogP contribution < -0.4 is 5.32 Å². The third-order valence-electron chi connectivity index (χ3n) is 6.23. The number of hydroxylamine groups is 2. The molecule has 4 aromatic rings. The maximum absolute atomic E-state index is 13.2. The van der Waals surface area contributed by atoms with Crippen LogP contribution in [0.15, 0.2) is 90.3 Å². The van der Waals surface area contributed by atoms with Crippen LogP contribution in [-0.4, -0.2) is 40.4 Å². The molecule has 4 rings (SSSR count). The zero-order valence-corrected chi connectivity index (χ0v) is 24.2. The SMILES string of the molecule is CC(C)(C)ON(CC=O)Cc1cc(-c2ccc([C@H](CC(=O)O)Nc3ccccc3C(=O)c3ccccc3)cc2)cs1. The molecule has 0 saturated heterocycles. The summed E-state index contributed by atoms with van der Waals surface area (Å²) in [6, 6.07) is 25.5. The van der Waals surface area contributed by atoms with Crippen molar-refractivity contribution in [3.05, 3.63) is 112 Å². The van der Waals surface area contributed by atoms with E-state index in [9.17, 15) is 19.5 Å². The van der Waals surface area contributed by atoms with Crippen LogP contribution >= 0.6 is 11.3 Å². The number of aldehydes is 1. The lowest BCUT2D eigenvalue weighted by molar-refractivity contribution is -0.230. The lowest BCUT2D eigenvalue weighted by Gasteiger charge is -2.28. The number of hydrogen-bond donors (Lipinski definition) is 2. The van der Waals surface area contributed by atoms with Gasteiger partial charge in [-0.05, 0) is 61.0 Å². The first-order chi connectivity index (χ1) is 19.6. The van der Waals surface area contributed by atoms with Gasteiger partial charge in [-0.3, -0.25) is 14.4 Å². The highest BCUT2D eigenvalue weighted by Gasteiger charge is 2.21.